The van der Waals surface area contributed by atoms with E-state index >= 15 is 0 Å². The van der Waals surface area contributed by atoms with Gasteiger partial charge in [0.25, 0.3) is 0 Å². The minimum absolute atomic E-state index is 0.163. The summed E-state index contributed by atoms with van der Waals surface area (Å²) in [5.74, 6) is 0. The number of hydrogen-bond donors (Lipinski definition) is 0. The van der Waals surface area contributed by atoms with Crippen LogP contribution in [0.15, 0.2) is 66.7 Å². The van der Waals surface area contributed by atoms with Crippen LogP contribution in [0.2, 0.25) is 0 Å². The summed E-state index contributed by atoms with van der Waals surface area (Å²) >= 11 is 0. The molecule has 1 heteroatoms. The molecule has 0 spiro atoms. The number of aromatic nitrogens is 1. The van der Waals surface area contributed by atoms with Gasteiger partial charge in [0.2, 0.25) is 5.69 Å². The lowest BCUT2D eigenvalue weighted by Crippen LogP contribution is -2.67. The van der Waals surface area contributed by atoms with Crippen molar-refractivity contribution < 1.29 is 4.57 Å². The van der Waals surface area contributed by atoms with Gasteiger partial charge in [-0.2, -0.15) is 4.57 Å². The number of hydrogen-bond acceptors (Lipinski definition) is 0. The van der Waals surface area contributed by atoms with Crippen LogP contribution in [-0.4, -0.2) is 0 Å². The van der Waals surface area contributed by atoms with Crippen LogP contribution in [0.4, 0.5) is 0 Å². The highest BCUT2D eigenvalue weighted by Crippen LogP contribution is 2.54. The summed E-state index contributed by atoms with van der Waals surface area (Å²) in [6, 6.07) is 24.8. The molecule has 0 bridgehead atoms. The maximum atomic E-state index is 2.75. The Morgan fingerprint density at radius 3 is 2.30 bits per heavy atom. The summed E-state index contributed by atoms with van der Waals surface area (Å²) in [6.45, 7) is 7.28. The molecule has 0 amide bonds. The minimum Gasteiger partial charge on any atom is -0.189 e. The molecule has 2 unspecified atom stereocenters. The third kappa shape index (κ3) is 1.98. The van der Waals surface area contributed by atoms with Gasteiger partial charge in [0.15, 0.2) is 11.2 Å². The van der Waals surface area contributed by atoms with E-state index in [-0.39, 0.29) is 11.0 Å². The third-order valence-corrected chi connectivity index (χ3v) is 7.63. The van der Waals surface area contributed by atoms with Crippen LogP contribution in [0.5, 0.6) is 0 Å². The predicted octanol–water partition coefficient (Wildman–Crippen LogP) is 6.04. The van der Waals surface area contributed by atoms with E-state index in [2.05, 4.69) is 92.1 Å². The first-order valence-corrected chi connectivity index (χ1v) is 10.4. The summed E-state index contributed by atoms with van der Waals surface area (Å²) in [5.41, 5.74) is 8.98. The van der Waals surface area contributed by atoms with Gasteiger partial charge in [-0.3, -0.25) is 0 Å². The van der Waals surface area contributed by atoms with Crippen LogP contribution in [0.3, 0.4) is 0 Å². The number of pyridine rings is 1. The van der Waals surface area contributed by atoms with Gasteiger partial charge in [-0.05, 0) is 36.6 Å². The monoisotopic (exact) mass is 354 g/mol. The van der Waals surface area contributed by atoms with E-state index in [0.29, 0.717) is 0 Å². The Morgan fingerprint density at radius 1 is 0.815 bits per heavy atom. The fraction of sp³-hybridized carbons (Fsp3) is 0.346. The molecule has 27 heavy (non-hydrogen) atoms. The van der Waals surface area contributed by atoms with Crippen molar-refractivity contribution in [2.24, 2.45) is 0 Å². The molecule has 2 atom stereocenters. The lowest BCUT2D eigenvalue weighted by molar-refractivity contribution is -0.761. The molecule has 0 saturated heterocycles. The van der Waals surface area contributed by atoms with Crippen LogP contribution in [0, 0.1) is 0 Å². The summed E-state index contributed by atoms with van der Waals surface area (Å²) in [6.07, 6.45) is 4.74. The Bertz CT molecular complexity index is 1020. The summed E-state index contributed by atoms with van der Waals surface area (Å²) in [5, 5.41) is 0. The standard InChI is InChI=1S/C26H28N/c1-4-25(3)22-14-10-9-13-21(22)23-16-15-20(19-11-7-6-8-12-19)24-17-18-26(25,5-2)27(23)24/h6-16H,4-5,17-18H2,1-3H3/q+1. The average Bonchev–Trinajstić information content (AvgIpc) is 3.14. The molecule has 0 fully saturated rings. The maximum absolute atomic E-state index is 2.75. The van der Waals surface area contributed by atoms with Crippen LogP contribution >= 0.6 is 0 Å². The highest BCUT2D eigenvalue weighted by molar-refractivity contribution is 5.71. The SMILES string of the molecule is CCC1(C)c2ccccc2-c2ccc(-c3ccccc3)c3[n+]2C1(CC)CC3. The zero-order valence-electron chi connectivity index (χ0n) is 16.6. The quantitative estimate of drug-likeness (QED) is 0.505. The Hall–Kier alpha value is -2.41. The minimum atomic E-state index is 0.163. The van der Waals surface area contributed by atoms with Crippen LogP contribution in [-0.2, 0) is 17.4 Å². The number of benzene rings is 2. The molecular formula is C26H28N+. The van der Waals surface area contributed by atoms with Gasteiger partial charge in [0.05, 0.1) is 11.0 Å². The fourth-order valence-electron chi connectivity index (χ4n) is 6.07. The largest absolute Gasteiger partial charge is 0.213 e. The maximum Gasteiger partial charge on any atom is 0.213 e. The van der Waals surface area contributed by atoms with Gasteiger partial charge in [-0.25, -0.2) is 0 Å². The molecule has 136 valence electrons. The average molecular weight is 355 g/mol. The Labute approximate surface area is 162 Å². The van der Waals surface area contributed by atoms with E-state index in [0.717, 1.165) is 6.42 Å². The van der Waals surface area contributed by atoms with Crippen molar-refractivity contribution in [1.29, 1.82) is 0 Å². The zero-order chi connectivity index (χ0) is 18.6. The number of nitrogens with zero attached hydrogens (tertiary/aromatic N) is 1. The first kappa shape index (κ1) is 16.7. The second kappa shape index (κ2) is 5.79. The van der Waals surface area contributed by atoms with E-state index in [9.17, 15) is 0 Å². The van der Waals surface area contributed by atoms with Gasteiger partial charge in [0.1, 0.15) is 0 Å². The van der Waals surface area contributed by atoms with E-state index in [1.54, 1.807) is 0 Å². The van der Waals surface area contributed by atoms with Gasteiger partial charge in [0, 0.05) is 30.9 Å². The Balaban J connectivity index is 1.88. The van der Waals surface area contributed by atoms with Crippen molar-refractivity contribution in [3.63, 3.8) is 0 Å². The summed E-state index contributed by atoms with van der Waals surface area (Å²) < 4.78 is 2.75. The molecule has 2 aliphatic heterocycles. The molecule has 2 aliphatic rings. The highest BCUT2D eigenvalue weighted by atomic mass is 15.1. The van der Waals surface area contributed by atoms with E-state index < -0.39 is 0 Å². The summed E-state index contributed by atoms with van der Waals surface area (Å²) in [7, 11) is 0. The second-order valence-electron chi connectivity index (χ2n) is 8.40. The highest BCUT2D eigenvalue weighted by Gasteiger charge is 2.62. The molecule has 3 aromatic rings. The van der Waals surface area contributed by atoms with Gasteiger partial charge in [-0.1, -0.05) is 62.4 Å². The molecule has 5 rings (SSSR count). The van der Waals surface area contributed by atoms with Crippen LogP contribution in [0.1, 0.15) is 51.3 Å². The fourth-order valence-corrected chi connectivity index (χ4v) is 6.07. The van der Waals surface area contributed by atoms with Gasteiger partial charge >= 0.3 is 0 Å². The molecule has 0 radical (unpaired) electrons. The predicted molar refractivity (Wildman–Crippen MR) is 112 cm³/mol. The molecule has 1 aromatic heterocycles. The lowest BCUT2D eigenvalue weighted by Gasteiger charge is -2.46. The topological polar surface area (TPSA) is 3.88 Å². The van der Waals surface area contributed by atoms with Crippen LogP contribution < -0.4 is 4.57 Å². The zero-order valence-corrected chi connectivity index (χ0v) is 16.6. The van der Waals surface area contributed by atoms with Crippen molar-refractivity contribution in [3.8, 4) is 22.4 Å². The van der Waals surface area contributed by atoms with Crippen molar-refractivity contribution >= 4 is 0 Å². The molecule has 3 heterocycles. The molecule has 1 nitrogen and oxygen atoms in total. The molecule has 0 aliphatic carbocycles. The number of rotatable bonds is 3. The molecule has 0 saturated carbocycles. The Kier molecular flexibility index (Phi) is 3.59. The number of fused-ring (bicyclic) bond motifs is 2. The van der Waals surface area contributed by atoms with E-state index in [4.69, 9.17) is 0 Å². The van der Waals surface area contributed by atoms with E-state index in [1.807, 2.05) is 0 Å². The first-order valence-electron chi connectivity index (χ1n) is 10.4. The van der Waals surface area contributed by atoms with E-state index in [1.165, 1.54) is 52.9 Å². The summed E-state index contributed by atoms with van der Waals surface area (Å²) in [4.78, 5) is 0. The van der Waals surface area contributed by atoms with Crippen molar-refractivity contribution in [2.75, 3.05) is 0 Å². The van der Waals surface area contributed by atoms with Crippen molar-refractivity contribution in [1.82, 2.24) is 0 Å². The van der Waals surface area contributed by atoms with Crippen molar-refractivity contribution in [3.05, 3.63) is 78.0 Å². The normalized spacial score (nSPS) is 25.1. The molecular weight excluding hydrogens is 326 g/mol. The second-order valence-corrected chi connectivity index (χ2v) is 8.40. The first-order chi connectivity index (χ1) is 13.2. The van der Waals surface area contributed by atoms with Gasteiger partial charge in [-0.15, -0.1) is 0 Å². The molecule has 0 N–H and O–H groups in total. The Morgan fingerprint density at radius 2 is 1.56 bits per heavy atom. The molecule has 2 aromatic carbocycles. The third-order valence-electron chi connectivity index (χ3n) is 7.63. The van der Waals surface area contributed by atoms with Crippen LogP contribution in [0.25, 0.3) is 22.4 Å². The van der Waals surface area contributed by atoms with Gasteiger partial charge < -0.3 is 0 Å². The lowest BCUT2D eigenvalue weighted by atomic mass is 9.59. The van der Waals surface area contributed by atoms with Crippen molar-refractivity contribution in [2.45, 2.75) is 57.4 Å². The smallest absolute Gasteiger partial charge is 0.189 e.